The third-order valence-electron chi connectivity index (χ3n) is 9.69. The highest BCUT2D eigenvalue weighted by Gasteiger charge is 2.31. The molecule has 1 saturated heterocycles. The number of aromatic nitrogens is 6. The van der Waals surface area contributed by atoms with Crippen LogP contribution < -0.4 is 10.5 Å². The third kappa shape index (κ3) is 6.16. The number of fused-ring (bicyclic) bond motifs is 2. The molecule has 46 heavy (non-hydrogen) atoms. The molecule has 0 spiro atoms. The Balaban J connectivity index is 1.11. The van der Waals surface area contributed by atoms with Crippen molar-refractivity contribution in [3.63, 3.8) is 0 Å². The van der Waals surface area contributed by atoms with Gasteiger partial charge in [0, 0.05) is 70.0 Å². The van der Waals surface area contributed by atoms with Crippen molar-refractivity contribution >= 4 is 39.5 Å². The SMILES string of the molecule is COCCCN1CCN(C2CCC(n3nc(-c4cc(Cl)c5[nH]c(Cc6ccccc6OC)nc5c4)c4c(N)ncnc43)CC2)CC1. The highest BCUT2D eigenvalue weighted by Crippen LogP contribution is 2.39. The molecule has 4 heterocycles. The Bertz CT molecular complexity index is 1810. The van der Waals surface area contributed by atoms with E-state index in [1.54, 1.807) is 14.2 Å². The number of aromatic amines is 1. The average Bonchev–Trinajstić information content (AvgIpc) is 3.68. The molecule has 2 aliphatic rings. The van der Waals surface area contributed by atoms with Crippen LogP contribution in [0, 0.1) is 0 Å². The van der Waals surface area contributed by atoms with Gasteiger partial charge in [-0.2, -0.15) is 5.10 Å². The fourth-order valence-corrected chi connectivity index (χ4v) is 7.54. The summed E-state index contributed by atoms with van der Waals surface area (Å²) in [7, 11) is 3.46. The molecule has 2 fully saturated rings. The molecule has 1 aliphatic heterocycles. The van der Waals surface area contributed by atoms with Gasteiger partial charge in [-0.1, -0.05) is 29.8 Å². The van der Waals surface area contributed by atoms with Gasteiger partial charge in [-0.15, -0.1) is 0 Å². The van der Waals surface area contributed by atoms with Crippen molar-refractivity contribution in [1.29, 1.82) is 0 Å². The second-order valence-electron chi connectivity index (χ2n) is 12.5. The lowest BCUT2D eigenvalue weighted by atomic mass is 9.90. The number of piperazine rings is 1. The molecule has 7 rings (SSSR count). The van der Waals surface area contributed by atoms with E-state index in [9.17, 15) is 0 Å². The fraction of sp³-hybridized carbons (Fsp3) is 0.471. The molecule has 0 atom stereocenters. The van der Waals surface area contributed by atoms with Crippen LogP contribution in [0.5, 0.6) is 5.75 Å². The summed E-state index contributed by atoms with van der Waals surface area (Å²) in [5.74, 6) is 2.05. The van der Waals surface area contributed by atoms with E-state index in [0.29, 0.717) is 23.3 Å². The summed E-state index contributed by atoms with van der Waals surface area (Å²) in [6, 6.07) is 12.8. The number of benzene rings is 2. The second kappa shape index (κ2) is 13.5. The van der Waals surface area contributed by atoms with Crippen LogP contribution in [0.3, 0.4) is 0 Å². The molecule has 242 valence electrons. The summed E-state index contributed by atoms with van der Waals surface area (Å²) in [5.41, 5.74) is 11.4. The van der Waals surface area contributed by atoms with Crippen LogP contribution in [0.4, 0.5) is 5.82 Å². The Kier molecular flexibility index (Phi) is 9.08. The molecule has 0 amide bonds. The fourth-order valence-electron chi connectivity index (χ4n) is 7.28. The highest BCUT2D eigenvalue weighted by atomic mass is 35.5. The van der Waals surface area contributed by atoms with Crippen LogP contribution in [-0.4, -0.2) is 99.1 Å². The van der Waals surface area contributed by atoms with Crippen molar-refractivity contribution in [3.05, 3.63) is 59.1 Å². The zero-order valence-corrected chi connectivity index (χ0v) is 27.3. The summed E-state index contributed by atoms with van der Waals surface area (Å²) >= 11 is 6.86. The van der Waals surface area contributed by atoms with Crippen molar-refractivity contribution in [2.24, 2.45) is 0 Å². The Labute approximate surface area is 274 Å². The summed E-state index contributed by atoms with van der Waals surface area (Å²) in [6.45, 7) is 6.50. The summed E-state index contributed by atoms with van der Waals surface area (Å²) < 4.78 is 12.9. The van der Waals surface area contributed by atoms with E-state index in [1.165, 1.54) is 6.33 Å². The lowest BCUT2D eigenvalue weighted by Gasteiger charge is -2.42. The van der Waals surface area contributed by atoms with Gasteiger partial charge in [0.1, 0.15) is 29.4 Å². The van der Waals surface area contributed by atoms with Crippen LogP contribution in [0.15, 0.2) is 42.7 Å². The number of hydrogen-bond acceptors (Lipinski definition) is 9. The number of nitrogens with one attached hydrogen (secondary N) is 1. The van der Waals surface area contributed by atoms with Gasteiger partial charge < -0.3 is 25.1 Å². The number of H-pyrrole nitrogens is 1. The topological polar surface area (TPSA) is 123 Å². The molecule has 0 bridgehead atoms. The Morgan fingerprint density at radius 1 is 1.00 bits per heavy atom. The number of nitrogens with two attached hydrogens (primary N) is 1. The maximum atomic E-state index is 6.86. The van der Waals surface area contributed by atoms with Crippen LogP contribution >= 0.6 is 11.6 Å². The molecule has 3 aromatic heterocycles. The zero-order valence-electron chi connectivity index (χ0n) is 26.6. The van der Waals surface area contributed by atoms with Gasteiger partial charge in [-0.05, 0) is 50.3 Å². The molecular formula is C34H42ClN9O2. The molecule has 12 heteroatoms. The standard InChI is InChI=1S/C34H42ClN9O2/c1-45-17-5-12-42-13-15-43(16-14-42)24-8-10-25(11-9-24)44-34-30(33(36)37-21-38-34)31(41-44)23-18-26(35)32-27(19-23)39-29(40-32)20-22-6-3-4-7-28(22)46-2/h3-4,6-7,18-19,21,24-25H,5,8-17,20H2,1-2H3,(H,39,40)(H2,36,37,38). The summed E-state index contributed by atoms with van der Waals surface area (Å²) in [6.07, 6.45) is 7.61. The van der Waals surface area contributed by atoms with Gasteiger partial charge in [0.2, 0.25) is 0 Å². The predicted molar refractivity (Wildman–Crippen MR) is 181 cm³/mol. The van der Waals surface area contributed by atoms with Crippen molar-refractivity contribution in [1.82, 2.24) is 39.5 Å². The summed E-state index contributed by atoms with van der Waals surface area (Å²) in [5, 5.41) is 6.49. The van der Waals surface area contributed by atoms with E-state index in [4.69, 9.17) is 36.9 Å². The van der Waals surface area contributed by atoms with E-state index in [1.807, 2.05) is 36.4 Å². The van der Waals surface area contributed by atoms with Gasteiger partial charge >= 0.3 is 0 Å². The first-order valence-corrected chi connectivity index (χ1v) is 16.6. The molecule has 0 radical (unpaired) electrons. The highest BCUT2D eigenvalue weighted by molar-refractivity contribution is 6.35. The number of nitrogens with zero attached hydrogens (tertiary/aromatic N) is 7. The first kappa shape index (κ1) is 30.9. The maximum Gasteiger partial charge on any atom is 0.164 e. The number of para-hydroxylation sites is 1. The minimum Gasteiger partial charge on any atom is -0.496 e. The first-order valence-electron chi connectivity index (χ1n) is 16.3. The lowest BCUT2D eigenvalue weighted by Crippen LogP contribution is -2.51. The summed E-state index contributed by atoms with van der Waals surface area (Å²) in [4.78, 5) is 22.6. The van der Waals surface area contributed by atoms with Crippen LogP contribution in [0.25, 0.3) is 33.3 Å². The maximum absolute atomic E-state index is 6.86. The number of imidazole rings is 1. The molecule has 5 aromatic rings. The normalized spacial score (nSPS) is 19.7. The van der Waals surface area contributed by atoms with Crippen molar-refractivity contribution in [3.8, 4) is 17.0 Å². The van der Waals surface area contributed by atoms with Crippen molar-refractivity contribution in [2.45, 2.75) is 50.6 Å². The van der Waals surface area contributed by atoms with Gasteiger partial charge in [-0.25, -0.2) is 19.6 Å². The number of anilines is 1. The van der Waals surface area contributed by atoms with E-state index < -0.39 is 0 Å². The zero-order chi connectivity index (χ0) is 31.6. The Morgan fingerprint density at radius 2 is 1.78 bits per heavy atom. The number of hydrogen-bond donors (Lipinski definition) is 2. The van der Waals surface area contributed by atoms with Crippen molar-refractivity contribution in [2.75, 3.05) is 59.3 Å². The van der Waals surface area contributed by atoms with Crippen LogP contribution in [0.2, 0.25) is 5.02 Å². The van der Waals surface area contributed by atoms with E-state index in [2.05, 4.69) is 29.4 Å². The molecule has 0 unspecified atom stereocenters. The Morgan fingerprint density at radius 3 is 2.57 bits per heavy atom. The number of halogens is 1. The number of ether oxygens (including phenoxy) is 2. The molecule has 11 nitrogen and oxygen atoms in total. The molecule has 3 N–H and O–H groups in total. The number of nitrogen functional groups attached to an aromatic ring is 1. The number of methoxy groups -OCH3 is 2. The van der Waals surface area contributed by atoms with Gasteiger partial charge in [-0.3, -0.25) is 4.90 Å². The second-order valence-corrected chi connectivity index (χ2v) is 12.9. The molecular weight excluding hydrogens is 602 g/mol. The average molecular weight is 644 g/mol. The number of rotatable bonds is 10. The first-order chi connectivity index (χ1) is 22.5. The minimum absolute atomic E-state index is 0.245. The minimum atomic E-state index is 0.245. The Hall–Kier alpha value is -3.77. The van der Waals surface area contributed by atoms with Crippen molar-refractivity contribution < 1.29 is 9.47 Å². The molecule has 1 saturated carbocycles. The smallest absolute Gasteiger partial charge is 0.164 e. The third-order valence-corrected chi connectivity index (χ3v) is 9.99. The van der Waals surface area contributed by atoms with Gasteiger partial charge in [0.25, 0.3) is 0 Å². The van der Waals surface area contributed by atoms with E-state index >= 15 is 0 Å². The van der Waals surface area contributed by atoms with E-state index in [0.717, 1.165) is 122 Å². The van der Waals surface area contributed by atoms with Crippen LogP contribution in [0.1, 0.15) is 49.5 Å². The van der Waals surface area contributed by atoms with Crippen LogP contribution in [-0.2, 0) is 11.2 Å². The van der Waals surface area contributed by atoms with Gasteiger partial charge in [0.05, 0.1) is 34.6 Å². The monoisotopic (exact) mass is 643 g/mol. The lowest BCUT2D eigenvalue weighted by molar-refractivity contribution is 0.0662. The molecule has 1 aliphatic carbocycles. The largest absolute Gasteiger partial charge is 0.496 e. The molecule has 2 aromatic carbocycles. The van der Waals surface area contributed by atoms with Gasteiger partial charge in [0.15, 0.2) is 5.65 Å². The van der Waals surface area contributed by atoms with E-state index in [-0.39, 0.29) is 6.04 Å². The predicted octanol–water partition coefficient (Wildman–Crippen LogP) is 5.34. The quantitative estimate of drug-likeness (QED) is 0.194.